The van der Waals surface area contributed by atoms with Crippen molar-refractivity contribution in [1.29, 1.82) is 0 Å². The second kappa shape index (κ2) is 5.66. The van der Waals surface area contributed by atoms with Gasteiger partial charge >= 0.3 is 5.97 Å². The molecule has 1 atom stereocenters. The average molecular weight is 268 g/mol. The fourth-order valence-corrected chi connectivity index (χ4v) is 2.25. The summed E-state index contributed by atoms with van der Waals surface area (Å²) in [6, 6.07) is 0.484. The van der Waals surface area contributed by atoms with E-state index in [4.69, 9.17) is 9.84 Å². The molecule has 1 aromatic rings. The monoisotopic (exact) mass is 268 g/mol. The number of aromatic nitrogens is 3. The molecular formula is C12H20N4O3. The molecule has 1 aliphatic rings. The Bertz CT molecular complexity index is 458. The first-order chi connectivity index (χ1) is 8.99. The van der Waals surface area contributed by atoms with Crippen molar-refractivity contribution >= 4 is 5.97 Å². The van der Waals surface area contributed by atoms with Crippen molar-refractivity contribution in [3.8, 4) is 0 Å². The maximum atomic E-state index is 10.9. The van der Waals surface area contributed by atoms with Crippen LogP contribution in [0.15, 0.2) is 0 Å². The highest BCUT2D eigenvalue weighted by Crippen LogP contribution is 2.12. The summed E-state index contributed by atoms with van der Waals surface area (Å²) in [4.78, 5) is 13.3. The predicted octanol–water partition coefficient (Wildman–Crippen LogP) is 0.394. The van der Waals surface area contributed by atoms with E-state index in [1.807, 2.05) is 0 Å². The first-order valence-electron chi connectivity index (χ1n) is 6.48. The van der Waals surface area contributed by atoms with Crippen molar-refractivity contribution in [3.05, 3.63) is 11.4 Å². The minimum atomic E-state index is -1.04. The van der Waals surface area contributed by atoms with E-state index in [9.17, 15) is 4.79 Å². The van der Waals surface area contributed by atoms with Crippen molar-refractivity contribution in [2.45, 2.75) is 39.5 Å². The summed E-state index contributed by atoms with van der Waals surface area (Å²) < 4.78 is 7.32. The zero-order valence-electron chi connectivity index (χ0n) is 11.5. The van der Waals surface area contributed by atoms with Crippen LogP contribution in [0.25, 0.3) is 0 Å². The van der Waals surface area contributed by atoms with Crippen LogP contribution in [-0.2, 0) is 11.3 Å². The second-order valence-corrected chi connectivity index (χ2v) is 5.09. The fourth-order valence-electron chi connectivity index (χ4n) is 2.25. The van der Waals surface area contributed by atoms with E-state index in [1.165, 1.54) is 0 Å². The van der Waals surface area contributed by atoms with Crippen molar-refractivity contribution in [3.63, 3.8) is 0 Å². The summed E-state index contributed by atoms with van der Waals surface area (Å²) in [5, 5.41) is 16.5. The summed E-state index contributed by atoms with van der Waals surface area (Å²) in [7, 11) is 0. The van der Waals surface area contributed by atoms with E-state index in [1.54, 1.807) is 11.6 Å². The third kappa shape index (κ3) is 3.10. The Labute approximate surface area is 112 Å². The van der Waals surface area contributed by atoms with Gasteiger partial charge in [0, 0.05) is 19.1 Å². The largest absolute Gasteiger partial charge is 0.476 e. The summed E-state index contributed by atoms with van der Waals surface area (Å²) in [6.45, 7) is 9.03. The molecule has 1 aliphatic heterocycles. The minimum absolute atomic E-state index is 0.0107. The van der Waals surface area contributed by atoms with Crippen LogP contribution >= 0.6 is 0 Å². The third-order valence-corrected chi connectivity index (χ3v) is 3.46. The SMILES string of the molecule is Cc1c(C(=O)O)nnn1CC1CN(C(C)C)CCO1. The Morgan fingerprint density at radius 2 is 2.32 bits per heavy atom. The predicted molar refractivity (Wildman–Crippen MR) is 68.2 cm³/mol. The van der Waals surface area contributed by atoms with Gasteiger partial charge in [-0.1, -0.05) is 5.21 Å². The topological polar surface area (TPSA) is 80.5 Å². The first-order valence-corrected chi connectivity index (χ1v) is 6.48. The van der Waals surface area contributed by atoms with Crippen LogP contribution in [0.4, 0.5) is 0 Å². The van der Waals surface area contributed by atoms with E-state index in [0.717, 1.165) is 13.1 Å². The van der Waals surface area contributed by atoms with Gasteiger partial charge < -0.3 is 9.84 Å². The molecule has 0 radical (unpaired) electrons. The number of rotatable bonds is 4. The summed E-state index contributed by atoms with van der Waals surface area (Å²) in [5.41, 5.74) is 0.578. The van der Waals surface area contributed by atoms with Gasteiger partial charge in [-0.15, -0.1) is 5.10 Å². The van der Waals surface area contributed by atoms with Crippen molar-refractivity contribution < 1.29 is 14.6 Å². The Kier molecular flexibility index (Phi) is 4.16. The summed E-state index contributed by atoms with van der Waals surface area (Å²) >= 11 is 0. The van der Waals surface area contributed by atoms with Crippen LogP contribution in [0.1, 0.15) is 30.0 Å². The molecule has 0 aromatic carbocycles. The zero-order chi connectivity index (χ0) is 14.0. The molecule has 0 spiro atoms. The maximum Gasteiger partial charge on any atom is 0.358 e. The van der Waals surface area contributed by atoms with Crippen LogP contribution < -0.4 is 0 Å². The van der Waals surface area contributed by atoms with E-state index in [-0.39, 0.29) is 11.8 Å². The number of carboxylic acids is 1. The van der Waals surface area contributed by atoms with E-state index in [2.05, 4.69) is 29.1 Å². The Morgan fingerprint density at radius 1 is 1.58 bits per heavy atom. The highest BCUT2D eigenvalue weighted by atomic mass is 16.5. The molecule has 0 saturated carbocycles. The normalized spacial score (nSPS) is 20.9. The molecule has 19 heavy (non-hydrogen) atoms. The highest BCUT2D eigenvalue weighted by molar-refractivity contribution is 5.86. The first kappa shape index (κ1) is 14.0. The molecular weight excluding hydrogens is 248 g/mol. The maximum absolute atomic E-state index is 10.9. The molecule has 1 fully saturated rings. The van der Waals surface area contributed by atoms with Gasteiger partial charge in [0.15, 0.2) is 5.69 Å². The second-order valence-electron chi connectivity index (χ2n) is 5.09. The fraction of sp³-hybridized carbons (Fsp3) is 0.750. The van der Waals surface area contributed by atoms with Crippen molar-refractivity contribution in [1.82, 2.24) is 19.9 Å². The number of aromatic carboxylic acids is 1. The average Bonchev–Trinajstić information content (AvgIpc) is 2.71. The number of ether oxygens (including phenoxy) is 1. The van der Waals surface area contributed by atoms with Crippen LogP contribution in [0, 0.1) is 6.92 Å². The molecule has 7 heteroatoms. The molecule has 0 aliphatic carbocycles. The molecule has 0 amide bonds. The van der Waals surface area contributed by atoms with Crippen LogP contribution in [-0.4, -0.2) is 62.8 Å². The van der Waals surface area contributed by atoms with Crippen LogP contribution in [0.2, 0.25) is 0 Å². The molecule has 7 nitrogen and oxygen atoms in total. The van der Waals surface area contributed by atoms with Gasteiger partial charge in [0.05, 0.1) is 24.9 Å². The molecule has 2 heterocycles. The lowest BCUT2D eigenvalue weighted by Gasteiger charge is -2.35. The van der Waals surface area contributed by atoms with E-state index < -0.39 is 5.97 Å². The van der Waals surface area contributed by atoms with Gasteiger partial charge in [-0.25, -0.2) is 9.48 Å². The number of carbonyl (C=O) groups is 1. The van der Waals surface area contributed by atoms with E-state index >= 15 is 0 Å². The smallest absolute Gasteiger partial charge is 0.358 e. The Morgan fingerprint density at radius 3 is 2.89 bits per heavy atom. The van der Waals surface area contributed by atoms with Gasteiger partial charge in [0.25, 0.3) is 0 Å². The molecule has 0 bridgehead atoms. The van der Waals surface area contributed by atoms with Gasteiger partial charge in [0.2, 0.25) is 0 Å². The zero-order valence-corrected chi connectivity index (χ0v) is 11.5. The molecule has 1 aromatic heterocycles. The number of nitrogens with zero attached hydrogens (tertiary/aromatic N) is 4. The lowest BCUT2D eigenvalue weighted by Crippen LogP contribution is -2.47. The molecule has 1 N–H and O–H groups in total. The van der Waals surface area contributed by atoms with Gasteiger partial charge in [-0.05, 0) is 20.8 Å². The van der Waals surface area contributed by atoms with Crippen molar-refractivity contribution in [2.24, 2.45) is 0 Å². The molecule has 106 valence electrons. The molecule has 2 rings (SSSR count). The summed E-state index contributed by atoms with van der Waals surface area (Å²) in [5.74, 6) is -1.04. The van der Waals surface area contributed by atoms with Crippen LogP contribution in [0.5, 0.6) is 0 Å². The standard InChI is InChI=1S/C12H20N4O3/c1-8(2)15-4-5-19-10(6-15)7-16-9(3)11(12(17)18)13-14-16/h8,10H,4-7H2,1-3H3,(H,17,18). The molecule has 1 unspecified atom stereocenters. The van der Waals surface area contributed by atoms with Gasteiger partial charge in [-0.3, -0.25) is 4.90 Å². The Hall–Kier alpha value is -1.47. The lowest BCUT2D eigenvalue weighted by atomic mass is 10.2. The quantitative estimate of drug-likeness (QED) is 0.851. The van der Waals surface area contributed by atoms with Gasteiger partial charge in [0.1, 0.15) is 0 Å². The highest BCUT2D eigenvalue weighted by Gasteiger charge is 2.24. The van der Waals surface area contributed by atoms with Crippen LogP contribution in [0.3, 0.4) is 0 Å². The van der Waals surface area contributed by atoms with Gasteiger partial charge in [-0.2, -0.15) is 0 Å². The Balaban J connectivity index is 2.03. The minimum Gasteiger partial charge on any atom is -0.476 e. The molecule has 1 saturated heterocycles. The van der Waals surface area contributed by atoms with Crippen molar-refractivity contribution in [2.75, 3.05) is 19.7 Å². The number of hydrogen-bond donors (Lipinski definition) is 1. The third-order valence-electron chi connectivity index (χ3n) is 3.46. The van der Waals surface area contributed by atoms with E-state index in [0.29, 0.717) is 24.9 Å². The number of carboxylic acid groups (broad SMARTS) is 1. The number of hydrogen-bond acceptors (Lipinski definition) is 5. The lowest BCUT2D eigenvalue weighted by molar-refractivity contribution is -0.0473. The summed E-state index contributed by atoms with van der Waals surface area (Å²) in [6.07, 6.45) is 0.0261. The number of morpholine rings is 1.